The van der Waals surface area contributed by atoms with Crippen molar-refractivity contribution in [2.75, 3.05) is 31.6 Å². The number of aromatic nitrogens is 1. The number of primary amides is 1. The molecule has 2 amide bonds. The van der Waals surface area contributed by atoms with Crippen LogP contribution in [0.5, 0.6) is 0 Å². The molecule has 4 N–H and O–H groups in total. The van der Waals surface area contributed by atoms with Crippen molar-refractivity contribution < 1.29 is 18.7 Å². The first-order valence-corrected chi connectivity index (χ1v) is 6.08. The molecular formula is C12H17FN4O3. The zero-order valence-corrected chi connectivity index (χ0v) is 11.1. The zero-order valence-electron chi connectivity index (χ0n) is 11.1. The molecule has 0 atom stereocenters. The van der Waals surface area contributed by atoms with Crippen LogP contribution in [0.25, 0.3) is 0 Å². The molecule has 0 fully saturated rings. The Morgan fingerprint density at radius 2 is 2.25 bits per heavy atom. The van der Waals surface area contributed by atoms with Crippen LogP contribution in [0.1, 0.15) is 17.3 Å². The van der Waals surface area contributed by atoms with E-state index in [9.17, 15) is 14.0 Å². The predicted molar refractivity (Wildman–Crippen MR) is 70.7 cm³/mol. The number of nitrogens with two attached hydrogens (primary N) is 1. The van der Waals surface area contributed by atoms with Crippen molar-refractivity contribution >= 4 is 17.6 Å². The maximum absolute atomic E-state index is 13.9. The van der Waals surface area contributed by atoms with Crippen LogP contribution in [0.2, 0.25) is 0 Å². The van der Waals surface area contributed by atoms with Gasteiger partial charge in [-0.15, -0.1) is 0 Å². The first-order chi connectivity index (χ1) is 9.56. The van der Waals surface area contributed by atoms with Crippen molar-refractivity contribution in [2.45, 2.75) is 6.92 Å². The monoisotopic (exact) mass is 284 g/mol. The van der Waals surface area contributed by atoms with E-state index in [4.69, 9.17) is 10.5 Å². The van der Waals surface area contributed by atoms with Crippen molar-refractivity contribution in [2.24, 2.45) is 5.73 Å². The number of amides is 2. The highest BCUT2D eigenvalue weighted by Gasteiger charge is 2.15. The Morgan fingerprint density at radius 3 is 2.90 bits per heavy atom. The Hall–Kier alpha value is -2.22. The summed E-state index contributed by atoms with van der Waals surface area (Å²) in [6, 6.07) is 1.29. The van der Waals surface area contributed by atoms with Gasteiger partial charge >= 0.3 is 0 Å². The van der Waals surface area contributed by atoms with Gasteiger partial charge in [0, 0.05) is 19.3 Å². The third kappa shape index (κ3) is 4.81. The fourth-order valence-electron chi connectivity index (χ4n) is 1.41. The molecule has 0 unspecified atom stereocenters. The standard InChI is InChI=1S/C12H17FN4O3/c1-2-15-11-10(13)8(3-4-16-11)12(19)17-5-6-20-7-9(14)18/h3-4H,2,5-7H2,1H3,(H2,14,18)(H,15,16)(H,17,19). The minimum Gasteiger partial charge on any atom is -0.370 e. The van der Waals surface area contributed by atoms with Crippen molar-refractivity contribution in [3.8, 4) is 0 Å². The molecule has 1 rings (SSSR count). The summed E-state index contributed by atoms with van der Waals surface area (Å²) < 4.78 is 18.8. The van der Waals surface area contributed by atoms with E-state index in [1.165, 1.54) is 12.3 Å². The number of nitrogens with zero attached hydrogens (tertiary/aromatic N) is 1. The fourth-order valence-corrected chi connectivity index (χ4v) is 1.41. The molecule has 8 heteroatoms. The summed E-state index contributed by atoms with van der Waals surface area (Å²) in [7, 11) is 0. The van der Waals surface area contributed by atoms with E-state index in [1.807, 2.05) is 0 Å². The number of ether oxygens (including phenoxy) is 1. The van der Waals surface area contributed by atoms with Crippen LogP contribution in [0.4, 0.5) is 10.2 Å². The summed E-state index contributed by atoms with van der Waals surface area (Å²) in [5, 5.41) is 5.19. The van der Waals surface area contributed by atoms with Gasteiger partial charge in [0.1, 0.15) is 6.61 Å². The number of nitrogens with one attached hydrogen (secondary N) is 2. The van der Waals surface area contributed by atoms with Crippen molar-refractivity contribution in [1.29, 1.82) is 0 Å². The number of halogens is 1. The molecule has 0 aliphatic carbocycles. The number of hydrogen-bond acceptors (Lipinski definition) is 5. The lowest BCUT2D eigenvalue weighted by Crippen LogP contribution is -2.29. The maximum atomic E-state index is 13.9. The quantitative estimate of drug-likeness (QED) is 0.577. The Kier molecular flexibility index (Phi) is 6.38. The molecule has 20 heavy (non-hydrogen) atoms. The smallest absolute Gasteiger partial charge is 0.254 e. The van der Waals surface area contributed by atoms with Gasteiger partial charge in [-0.2, -0.15) is 0 Å². The number of rotatable bonds is 8. The second-order valence-corrected chi connectivity index (χ2v) is 3.83. The second-order valence-electron chi connectivity index (χ2n) is 3.83. The Balaban J connectivity index is 2.51. The molecule has 0 aliphatic heterocycles. The average Bonchev–Trinajstić information content (AvgIpc) is 2.40. The number of pyridine rings is 1. The molecule has 7 nitrogen and oxygen atoms in total. The predicted octanol–water partition coefficient (Wildman–Crippen LogP) is -0.116. The molecular weight excluding hydrogens is 267 g/mol. The molecule has 110 valence electrons. The molecule has 0 saturated heterocycles. The molecule has 0 bridgehead atoms. The SMILES string of the molecule is CCNc1nccc(C(=O)NCCOCC(N)=O)c1F. The largest absolute Gasteiger partial charge is 0.370 e. The van der Waals surface area contributed by atoms with E-state index in [-0.39, 0.29) is 31.1 Å². The molecule has 1 aromatic rings. The van der Waals surface area contributed by atoms with E-state index in [0.29, 0.717) is 6.54 Å². The second kappa shape index (κ2) is 8.05. The van der Waals surface area contributed by atoms with Crippen LogP contribution >= 0.6 is 0 Å². The third-order valence-electron chi connectivity index (χ3n) is 2.25. The number of carbonyl (C=O) groups is 2. The van der Waals surface area contributed by atoms with E-state index in [0.717, 1.165) is 0 Å². The van der Waals surface area contributed by atoms with Crippen LogP contribution < -0.4 is 16.4 Å². The summed E-state index contributed by atoms with van der Waals surface area (Å²) in [5.41, 5.74) is 4.77. The summed E-state index contributed by atoms with van der Waals surface area (Å²) in [6.45, 7) is 2.33. The van der Waals surface area contributed by atoms with Crippen LogP contribution in [-0.2, 0) is 9.53 Å². The minimum absolute atomic E-state index is 0.0325. The minimum atomic E-state index is -0.704. The van der Waals surface area contributed by atoms with Crippen molar-refractivity contribution in [1.82, 2.24) is 10.3 Å². The highest BCUT2D eigenvalue weighted by molar-refractivity contribution is 5.95. The van der Waals surface area contributed by atoms with Gasteiger partial charge in [0.05, 0.1) is 12.2 Å². The van der Waals surface area contributed by atoms with E-state index < -0.39 is 17.6 Å². The first-order valence-electron chi connectivity index (χ1n) is 6.08. The molecule has 0 aliphatic rings. The van der Waals surface area contributed by atoms with Crippen LogP contribution in [-0.4, -0.2) is 43.1 Å². The molecule has 0 radical (unpaired) electrons. The lowest BCUT2D eigenvalue weighted by Gasteiger charge is -2.09. The summed E-state index contributed by atoms with van der Waals surface area (Å²) in [5.74, 6) is -1.84. The normalized spacial score (nSPS) is 10.1. The lowest BCUT2D eigenvalue weighted by atomic mass is 10.2. The number of carbonyl (C=O) groups excluding carboxylic acids is 2. The van der Waals surface area contributed by atoms with E-state index in [1.54, 1.807) is 6.92 Å². The Morgan fingerprint density at radius 1 is 1.50 bits per heavy atom. The van der Waals surface area contributed by atoms with E-state index in [2.05, 4.69) is 15.6 Å². The van der Waals surface area contributed by atoms with E-state index >= 15 is 0 Å². The number of anilines is 1. The lowest BCUT2D eigenvalue weighted by molar-refractivity contribution is -0.122. The van der Waals surface area contributed by atoms with Gasteiger partial charge in [-0.05, 0) is 13.0 Å². The van der Waals surface area contributed by atoms with Crippen LogP contribution in [0.15, 0.2) is 12.3 Å². The maximum Gasteiger partial charge on any atom is 0.254 e. The molecule has 0 saturated carbocycles. The molecule has 1 aromatic heterocycles. The van der Waals surface area contributed by atoms with Crippen molar-refractivity contribution in [3.63, 3.8) is 0 Å². The summed E-state index contributed by atoms with van der Waals surface area (Å²) >= 11 is 0. The highest BCUT2D eigenvalue weighted by atomic mass is 19.1. The zero-order chi connectivity index (χ0) is 15.0. The van der Waals surface area contributed by atoms with Gasteiger partial charge < -0.3 is 21.1 Å². The summed E-state index contributed by atoms with van der Waals surface area (Å²) in [6.07, 6.45) is 1.35. The van der Waals surface area contributed by atoms with Gasteiger partial charge in [0.2, 0.25) is 5.91 Å². The fraction of sp³-hybridized carbons (Fsp3) is 0.417. The third-order valence-corrected chi connectivity index (χ3v) is 2.25. The van der Waals surface area contributed by atoms with Crippen LogP contribution in [0.3, 0.4) is 0 Å². The van der Waals surface area contributed by atoms with Crippen LogP contribution in [0, 0.1) is 5.82 Å². The average molecular weight is 284 g/mol. The first kappa shape index (κ1) is 15.8. The van der Waals surface area contributed by atoms with Crippen molar-refractivity contribution in [3.05, 3.63) is 23.6 Å². The summed E-state index contributed by atoms with van der Waals surface area (Å²) in [4.78, 5) is 26.0. The molecule has 0 spiro atoms. The molecule has 1 heterocycles. The molecule has 0 aromatic carbocycles. The topological polar surface area (TPSA) is 106 Å². The van der Waals surface area contributed by atoms with Gasteiger partial charge in [-0.25, -0.2) is 9.37 Å². The Labute approximate surface area is 115 Å². The van der Waals surface area contributed by atoms with Gasteiger partial charge in [0.15, 0.2) is 11.6 Å². The van der Waals surface area contributed by atoms with Gasteiger partial charge in [0.25, 0.3) is 5.91 Å². The highest BCUT2D eigenvalue weighted by Crippen LogP contribution is 2.14. The van der Waals surface area contributed by atoms with Gasteiger partial charge in [-0.3, -0.25) is 9.59 Å². The van der Waals surface area contributed by atoms with Gasteiger partial charge in [-0.1, -0.05) is 0 Å². The number of hydrogen-bond donors (Lipinski definition) is 3. The Bertz CT molecular complexity index is 482.